The van der Waals surface area contributed by atoms with E-state index >= 15 is 0 Å². The van der Waals surface area contributed by atoms with Crippen molar-refractivity contribution in [3.63, 3.8) is 0 Å². The number of aryl methyl sites for hydroxylation is 2. The molecule has 0 unspecified atom stereocenters. The van der Waals surface area contributed by atoms with Crippen LogP contribution in [0.1, 0.15) is 37.5 Å². The van der Waals surface area contributed by atoms with Crippen molar-refractivity contribution in [1.29, 1.82) is 0 Å². The summed E-state index contributed by atoms with van der Waals surface area (Å²) in [6, 6.07) is 14.5. The van der Waals surface area contributed by atoms with Gasteiger partial charge in [-0.05, 0) is 43.7 Å². The van der Waals surface area contributed by atoms with Gasteiger partial charge in [0.25, 0.3) is 5.91 Å². The fraction of sp³-hybridized carbons (Fsp3) is 0.190. The summed E-state index contributed by atoms with van der Waals surface area (Å²) in [4.78, 5) is 24.2. The Hall–Kier alpha value is -3.12. The second-order valence-corrected chi connectivity index (χ2v) is 6.78. The lowest BCUT2D eigenvalue weighted by molar-refractivity contribution is 0.0600. The highest BCUT2D eigenvalue weighted by Crippen LogP contribution is 2.23. The van der Waals surface area contributed by atoms with Gasteiger partial charge in [0.05, 0.1) is 30.5 Å². The van der Waals surface area contributed by atoms with Gasteiger partial charge in [0, 0.05) is 5.69 Å². The Morgan fingerprint density at radius 2 is 1.71 bits per heavy atom. The maximum absolute atomic E-state index is 12.7. The Labute approximate surface area is 168 Å². The van der Waals surface area contributed by atoms with Crippen LogP contribution in [0, 0.1) is 13.8 Å². The third kappa shape index (κ3) is 4.23. The number of rotatable bonds is 5. The van der Waals surface area contributed by atoms with Crippen molar-refractivity contribution >= 4 is 29.2 Å². The Morgan fingerprint density at radius 3 is 2.32 bits per heavy atom. The number of nitrogens with one attached hydrogen (secondary N) is 1. The van der Waals surface area contributed by atoms with E-state index < -0.39 is 5.97 Å². The van der Waals surface area contributed by atoms with Gasteiger partial charge in [-0.25, -0.2) is 9.48 Å². The summed E-state index contributed by atoms with van der Waals surface area (Å²) in [6.07, 6.45) is 0. The number of carbonyl (C=O) groups is 2. The molecule has 7 heteroatoms. The summed E-state index contributed by atoms with van der Waals surface area (Å²) < 4.78 is 6.27. The molecule has 3 aromatic rings. The van der Waals surface area contributed by atoms with Crippen LogP contribution in [0.3, 0.4) is 0 Å². The lowest BCUT2D eigenvalue weighted by Gasteiger charge is -2.07. The van der Waals surface area contributed by atoms with Crippen LogP contribution < -0.4 is 5.32 Å². The first kappa shape index (κ1) is 19.6. The van der Waals surface area contributed by atoms with Crippen molar-refractivity contribution < 1.29 is 14.3 Å². The molecule has 144 valence electrons. The summed E-state index contributed by atoms with van der Waals surface area (Å²) in [5.41, 5.74) is 4.02. The highest BCUT2D eigenvalue weighted by Gasteiger charge is 2.20. The average Bonchev–Trinajstić information content (AvgIpc) is 2.96. The molecule has 0 radical (unpaired) electrons. The standard InChI is InChI=1S/C21H20ClN3O3/c1-13-4-6-15(7-5-13)12-25-19(22)18(14(2)24-25)20(26)23-17-10-8-16(9-11-17)21(27)28-3/h4-11H,12H2,1-3H3,(H,23,26). The van der Waals surface area contributed by atoms with Gasteiger partial charge in [-0.2, -0.15) is 5.10 Å². The molecule has 2 aromatic carbocycles. The van der Waals surface area contributed by atoms with Gasteiger partial charge < -0.3 is 10.1 Å². The molecule has 0 saturated heterocycles. The largest absolute Gasteiger partial charge is 0.465 e. The zero-order chi connectivity index (χ0) is 20.3. The lowest BCUT2D eigenvalue weighted by atomic mass is 10.1. The van der Waals surface area contributed by atoms with Crippen molar-refractivity contribution in [2.75, 3.05) is 12.4 Å². The maximum Gasteiger partial charge on any atom is 0.337 e. The highest BCUT2D eigenvalue weighted by atomic mass is 35.5. The molecule has 1 amide bonds. The number of halogens is 1. The number of esters is 1. The van der Waals surface area contributed by atoms with E-state index in [9.17, 15) is 9.59 Å². The average molecular weight is 398 g/mol. The molecular formula is C21H20ClN3O3. The summed E-state index contributed by atoms with van der Waals surface area (Å²) >= 11 is 6.44. The molecule has 0 fully saturated rings. The predicted octanol–water partition coefficient (Wildman–Crippen LogP) is 4.24. The smallest absolute Gasteiger partial charge is 0.337 e. The highest BCUT2D eigenvalue weighted by molar-refractivity contribution is 6.33. The monoisotopic (exact) mass is 397 g/mol. The predicted molar refractivity (Wildman–Crippen MR) is 108 cm³/mol. The third-order valence-electron chi connectivity index (χ3n) is 4.31. The number of hydrogen-bond donors (Lipinski definition) is 1. The zero-order valence-corrected chi connectivity index (χ0v) is 16.6. The van der Waals surface area contributed by atoms with Crippen molar-refractivity contribution in [2.24, 2.45) is 0 Å². The quantitative estimate of drug-likeness (QED) is 0.653. The second kappa shape index (κ2) is 8.27. The first-order valence-corrected chi connectivity index (χ1v) is 9.05. The molecule has 1 aromatic heterocycles. The van der Waals surface area contributed by atoms with Gasteiger partial charge in [0.2, 0.25) is 0 Å². The van der Waals surface area contributed by atoms with E-state index in [1.54, 1.807) is 35.9 Å². The fourth-order valence-electron chi connectivity index (χ4n) is 2.78. The minimum absolute atomic E-state index is 0.279. The van der Waals surface area contributed by atoms with E-state index in [4.69, 9.17) is 11.6 Å². The Morgan fingerprint density at radius 1 is 1.07 bits per heavy atom. The SMILES string of the molecule is COC(=O)c1ccc(NC(=O)c2c(C)nn(Cc3ccc(C)cc3)c2Cl)cc1. The third-order valence-corrected chi connectivity index (χ3v) is 4.69. The van der Waals surface area contributed by atoms with Gasteiger partial charge in [-0.3, -0.25) is 4.79 Å². The fourth-order valence-corrected chi connectivity index (χ4v) is 3.10. The molecular weight excluding hydrogens is 378 g/mol. The lowest BCUT2D eigenvalue weighted by Crippen LogP contribution is -2.13. The minimum Gasteiger partial charge on any atom is -0.465 e. The topological polar surface area (TPSA) is 73.2 Å². The Kier molecular flexibility index (Phi) is 5.80. The molecule has 3 rings (SSSR count). The molecule has 6 nitrogen and oxygen atoms in total. The molecule has 0 spiro atoms. The van der Waals surface area contributed by atoms with Crippen molar-refractivity contribution in [3.8, 4) is 0 Å². The number of ether oxygens (including phenoxy) is 1. The van der Waals surface area contributed by atoms with Crippen LogP contribution in [0.5, 0.6) is 0 Å². The van der Waals surface area contributed by atoms with Crippen molar-refractivity contribution in [2.45, 2.75) is 20.4 Å². The maximum atomic E-state index is 12.7. The van der Waals surface area contributed by atoms with Crippen molar-refractivity contribution in [3.05, 3.63) is 81.6 Å². The molecule has 0 saturated carbocycles. The number of nitrogens with zero attached hydrogens (tertiary/aromatic N) is 2. The molecule has 1 N–H and O–H groups in total. The van der Waals surface area contributed by atoms with Crippen LogP contribution in [-0.2, 0) is 11.3 Å². The van der Waals surface area contributed by atoms with Gasteiger partial charge in [-0.1, -0.05) is 41.4 Å². The summed E-state index contributed by atoms with van der Waals surface area (Å²) in [7, 11) is 1.32. The summed E-state index contributed by atoms with van der Waals surface area (Å²) in [6.45, 7) is 4.24. The summed E-state index contributed by atoms with van der Waals surface area (Å²) in [5.74, 6) is -0.794. The zero-order valence-electron chi connectivity index (χ0n) is 15.8. The molecule has 0 aliphatic heterocycles. The molecule has 0 aliphatic rings. The first-order valence-electron chi connectivity index (χ1n) is 8.67. The van der Waals surface area contributed by atoms with E-state index in [-0.39, 0.29) is 11.1 Å². The molecule has 1 heterocycles. The van der Waals surface area contributed by atoms with Crippen LogP contribution >= 0.6 is 11.6 Å². The van der Waals surface area contributed by atoms with E-state index in [1.165, 1.54) is 12.7 Å². The van der Waals surface area contributed by atoms with Gasteiger partial charge in [0.1, 0.15) is 5.15 Å². The Bertz CT molecular complexity index is 1010. The van der Waals surface area contributed by atoms with Gasteiger partial charge >= 0.3 is 5.97 Å². The number of aromatic nitrogens is 2. The molecule has 0 bridgehead atoms. The normalized spacial score (nSPS) is 10.6. The number of carbonyl (C=O) groups excluding carboxylic acids is 2. The second-order valence-electron chi connectivity index (χ2n) is 6.42. The van der Waals surface area contributed by atoms with E-state index in [0.29, 0.717) is 29.1 Å². The molecule has 0 atom stereocenters. The number of hydrogen-bond acceptors (Lipinski definition) is 4. The Balaban J connectivity index is 1.77. The molecule has 28 heavy (non-hydrogen) atoms. The van der Waals surface area contributed by atoms with Crippen LogP contribution in [0.15, 0.2) is 48.5 Å². The number of anilines is 1. The van der Waals surface area contributed by atoms with Crippen molar-refractivity contribution in [1.82, 2.24) is 9.78 Å². The van der Waals surface area contributed by atoms with Gasteiger partial charge in [0.15, 0.2) is 0 Å². The van der Waals surface area contributed by atoms with Crippen LogP contribution in [0.4, 0.5) is 5.69 Å². The number of amides is 1. The number of benzene rings is 2. The van der Waals surface area contributed by atoms with E-state index in [1.807, 2.05) is 31.2 Å². The summed E-state index contributed by atoms with van der Waals surface area (Å²) in [5, 5.41) is 7.46. The van der Waals surface area contributed by atoms with Gasteiger partial charge in [-0.15, -0.1) is 0 Å². The van der Waals surface area contributed by atoms with Crippen LogP contribution in [0.25, 0.3) is 0 Å². The minimum atomic E-state index is -0.436. The van der Waals surface area contributed by atoms with E-state index in [0.717, 1.165) is 5.56 Å². The number of methoxy groups -OCH3 is 1. The van der Waals surface area contributed by atoms with Crippen LogP contribution in [0.2, 0.25) is 5.15 Å². The first-order chi connectivity index (χ1) is 13.4. The van der Waals surface area contributed by atoms with Crippen LogP contribution in [-0.4, -0.2) is 28.8 Å². The van der Waals surface area contributed by atoms with E-state index in [2.05, 4.69) is 15.2 Å². The molecule has 0 aliphatic carbocycles.